The molecular weight excluding hydrogens is 234 g/mol. The van der Waals surface area contributed by atoms with Gasteiger partial charge in [-0.2, -0.15) is 0 Å². The fourth-order valence-corrected chi connectivity index (χ4v) is 2.57. The van der Waals surface area contributed by atoms with E-state index in [1.54, 1.807) is 11.8 Å². The molecule has 1 aromatic carbocycles. The molecule has 0 aromatic heterocycles. The lowest BCUT2D eigenvalue weighted by Crippen LogP contribution is -2.10. The Kier molecular flexibility index (Phi) is 5.35. The summed E-state index contributed by atoms with van der Waals surface area (Å²) in [5.74, 6) is -0.154. The lowest BCUT2D eigenvalue weighted by atomic mass is 10.2. The topological polar surface area (TPSA) is 52.3 Å². The second-order valence-electron chi connectivity index (χ2n) is 3.92. The van der Waals surface area contributed by atoms with Crippen LogP contribution >= 0.6 is 11.8 Å². The van der Waals surface area contributed by atoms with Gasteiger partial charge in [-0.3, -0.25) is 4.79 Å². The summed E-state index contributed by atoms with van der Waals surface area (Å²) in [5.41, 5.74) is 7.85. The third-order valence-electron chi connectivity index (χ3n) is 2.37. The Bertz CT molecular complexity index is 393. The molecule has 4 heteroatoms. The molecule has 1 rings (SSSR count). The van der Waals surface area contributed by atoms with Gasteiger partial charge in [-0.25, -0.2) is 0 Å². The number of aryl methyl sites for hydroxylation is 1. The summed E-state index contributed by atoms with van der Waals surface area (Å²) >= 11 is 1.61. The van der Waals surface area contributed by atoms with Crippen LogP contribution in [0.3, 0.4) is 0 Å². The SMILES string of the molecule is CCOC(=O)CC(C)Sc1cccc(C)c1N. The van der Waals surface area contributed by atoms with E-state index in [0.29, 0.717) is 13.0 Å². The van der Waals surface area contributed by atoms with Crippen molar-refractivity contribution in [3.05, 3.63) is 23.8 Å². The van der Waals surface area contributed by atoms with Crippen molar-refractivity contribution in [1.29, 1.82) is 0 Å². The number of carbonyl (C=O) groups excluding carboxylic acids is 1. The van der Waals surface area contributed by atoms with Gasteiger partial charge >= 0.3 is 5.97 Å². The Morgan fingerprint density at radius 1 is 1.53 bits per heavy atom. The first-order chi connectivity index (χ1) is 8.04. The van der Waals surface area contributed by atoms with E-state index in [2.05, 4.69) is 0 Å². The molecule has 1 unspecified atom stereocenters. The molecule has 0 saturated carbocycles. The van der Waals surface area contributed by atoms with Crippen molar-refractivity contribution < 1.29 is 9.53 Å². The molecule has 0 aliphatic rings. The summed E-state index contributed by atoms with van der Waals surface area (Å²) in [6.45, 7) is 6.23. The monoisotopic (exact) mass is 253 g/mol. The van der Waals surface area contributed by atoms with Crippen LogP contribution in [0.5, 0.6) is 0 Å². The van der Waals surface area contributed by atoms with Crippen LogP contribution in [0.15, 0.2) is 23.1 Å². The van der Waals surface area contributed by atoms with Crippen molar-refractivity contribution in [2.24, 2.45) is 0 Å². The predicted molar refractivity (Wildman–Crippen MR) is 72.2 cm³/mol. The molecule has 1 aromatic rings. The van der Waals surface area contributed by atoms with E-state index in [1.165, 1.54) is 0 Å². The van der Waals surface area contributed by atoms with Crippen LogP contribution in [-0.4, -0.2) is 17.8 Å². The Labute approximate surface area is 107 Å². The van der Waals surface area contributed by atoms with Gasteiger partial charge in [0.05, 0.1) is 13.0 Å². The standard InChI is InChI=1S/C13H19NO2S/c1-4-16-12(15)8-10(3)17-11-7-5-6-9(2)13(11)14/h5-7,10H,4,8,14H2,1-3H3. The van der Waals surface area contributed by atoms with E-state index < -0.39 is 0 Å². The lowest BCUT2D eigenvalue weighted by molar-refractivity contribution is -0.142. The van der Waals surface area contributed by atoms with E-state index >= 15 is 0 Å². The highest BCUT2D eigenvalue weighted by Gasteiger charge is 2.13. The minimum atomic E-state index is -0.154. The zero-order valence-electron chi connectivity index (χ0n) is 10.5. The van der Waals surface area contributed by atoms with E-state index in [4.69, 9.17) is 10.5 Å². The number of benzene rings is 1. The maximum absolute atomic E-state index is 11.3. The minimum absolute atomic E-state index is 0.154. The molecule has 0 heterocycles. The third-order valence-corrected chi connectivity index (χ3v) is 3.55. The summed E-state index contributed by atoms with van der Waals surface area (Å²) in [7, 11) is 0. The molecule has 0 radical (unpaired) electrons. The average Bonchev–Trinajstić information content (AvgIpc) is 2.25. The molecule has 0 bridgehead atoms. The Balaban J connectivity index is 2.59. The molecule has 0 aliphatic heterocycles. The summed E-state index contributed by atoms with van der Waals surface area (Å²) < 4.78 is 4.92. The molecule has 0 spiro atoms. The Morgan fingerprint density at radius 2 is 2.24 bits per heavy atom. The molecule has 1 atom stereocenters. The molecule has 0 aliphatic carbocycles. The lowest BCUT2D eigenvalue weighted by Gasteiger charge is -2.13. The number of esters is 1. The van der Waals surface area contributed by atoms with Gasteiger partial charge in [-0.05, 0) is 25.5 Å². The largest absolute Gasteiger partial charge is 0.466 e. The van der Waals surface area contributed by atoms with Gasteiger partial charge in [0.2, 0.25) is 0 Å². The second kappa shape index (κ2) is 6.55. The van der Waals surface area contributed by atoms with Crippen molar-refractivity contribution >= 4 is 23.4 Å². The predicted octanol–water partition coefficient (Wildman–Crippen LogP) is 3.01. The van der Waals surface area contributed by atoms with Gasteiger partial charge < -0.3 is 10.5 Å². The quantitative estimate of drug-likeness (QED) is 0.498. The number of para-hydroxylation sites is 1. The molecular formula is C13H19NO2S. The zero-order valence-corrected chi connectivity index (χ0v) is 11.3. The maximum atomic E-state index is 11.3. The van der Waals surface area contributed by atoms with Crippen molar-refractivity contribution in [3.8, 4) is 0 Å². The summed E-state index contributed by atoms with van der Waals surface area (Å²) in [4.78, 5) is 12.4. The fraction of sp³-hybridized carbons (Fsp3) is 0.462. The number of anilines is 1. The van der Waals surface area contributed by atoms with Crippen LogP contribution in [0.25, 0.3) is 0 Å². The van der Waals surface area contributed by atoms with Crippen LogP contribution in [-0.2, 0) is 9.53 Å². The van der Waals surface area contributed by atoms with Gasteiger partial charge in [0.15, 0.2) is 0 Å². The third kappa shape index (κ3) is 4.30. The van der Waals surface area contributed by atoms with Crippen molar-refractivity contribution in [3.63, 3.8) is 0 Å². The number of hydrogen-bond acceptors (Lipinski definition) is 4. The highest BCUT2D eigenvalue weighted by atomic mass is 32.2. The number of nitrogen functional groups attached to an aromatic ring is 1. The second-order valence-corrected chi connectivity index (χ2v) is 5.40. The smallest absolute Gasteiger partial charge is 0.306 e. The fourth-order valence-electron chi connectivity index (χ4n) is 1.47. The van der Waals surface area contributed by atoms with Crippen LogP contribution in [0.2, 0.25) is 0 Å². The van der Waals surface area contributed by atoms with Gasteiger partial charge in [-0.15, -0.1) is 11.8 Å². The molecule has 2 N–H and O–H groups in total. The maximum Gasteiger partial charge on any atom is 0.306 e. The Morgan fingerprint density at radius 3 is 2.88 bits per heavy atom. The van der Waals surface area contributed by atoms with E-state index in [0.717, 1.165) is 16.1 Å². The number of rotatable bonds is 5. The Hall–Kier alpha value is -1.16. The highest BCUT2D eigenvalue weighted by molar-refractivity contribution is 8.00. The first-order valence-corrected chi connectivity index (χ1v) is 6.60. The van der Waals surface area contributed by atoms with Gasteiger partial charge in [0.1, 0.15) is 0 Å². The summed E-state index contributed by atoms with van der Waals surface area (Å²) in [6, 6.07) is 5.94. The van der Waals surface area contributed by atoms with Gasteiger partial charge in [0.25, 0.3) is 0 Å². The first kappa shape index (κ1) is 13.9. The van der Waals surface area contributed by atoms with E-state index in [9.17, 15) is 4.79 Å². The van der Waals surface area contributed by atoms with Gasteiger partial charge in [-0.1, -0.05) is 19.1 Å². The van der Waals surface area contributed by atoms with Crippen molar-refractivity contribution in [2.45, 2.75) is 37.3 Å². The zero-order chi connectivity index (χ0) is 12.8. The van der Waals surface area contributed by atoms with E-state index in [1.807, 2.05) is 39.0 Å². The molecule has 0 amide bonds. The molecule has 3 nitrogen and oxygen atoms in total. The minimum Gasteiger partial charge on any atom is -0.466 e. The van der Waals surface area contributed by atoms with Crippen LogP contribution in [0, 0.1) is 6.92 Å². The first-order valence-electron chi connectivity index (χ1n) is 5.72. The van der Waals surface area contributed by atoms with Crippen LogP contribution in [0.1, 0.15) is 25.8 Å². The van der Waals surface area contributed by atoms with Crippen LogP contribution in [0.4, 0.5) is 5.69 Å². The number of thioether (sulfide) groups is 1. The molecule has 0 fully saturated rings. The number of ether oxygens (including phenoxy) is 1. The number of nitrogens with two attached hydrogens (primary N) is 1. The molecule has 17 heavy (non-hydrogen) atoms. The average molecular weight is 253 g/mol. The molecule has 0 saturated heterocycles. The molecule has 94 valence electrons. The van der Waals surface area contributed by atoms with Crippen LogP contribution < -0.4 is 5.73 Å². The van der Waals surface area contributed by atoms with Gasteiger partial charge in [0, 0.05) is 15.8 Å². The summed E-state index contributed by atoms with van der Waals surface area (Å²) in [6.07, 6.45) is 0.409. The normalized spacial score (nSPS) is 12.2. The van der Waals surface area contributed by atoms with Crippen molar-refractivity contribution in [1.82, 2.24) is 0 Å². The number of carbonyl (C=O) groups is 1. The summed E-state index contributed by atoms with van der Waals surface area (Å²) in [5, 5.41) is 0.165. The highest BCUT2D eigenvalue weighted by Crippen LogP contribution is 2.31. The number of hydrogen-bond donors (Lipinski definition) is 1. The van der Waals surface area contributed by atoms with E-state index in [-0.39, 0.29) is 11.2 Å². The van der Waals surface area contributed by atoms with Crippen molar-refractivity contribution in [2.75, 3.05) is 12.3 Å².